The number of nitrogens with zero attached hydrogens (tertiary/aromatic N) is 1. The number of hydrazone groups is 1. The molecule has 4 aliphatic rings. The summed E-state index contributed by atoms with van der Waals surface area (Å²) >= 11 is 0. The molecule has 0 unspecified atom stereocenters. The van der Waals surface area contributed by atoms with Gasteiger partial charge in [0.2, 0.25) is 11.8 Å². The lowest BCUT2D eigenvalue weighted by atomic mass is 9.49. The van der Waals surface area contributed by atoms with Gasteiger partial charge in [-0.2, -0.15) is 5.10 Å². The van der Waals surface area contributed by atoms with Crippen molar-refractivity contribution < 1.29 is 9.59 Å². The average molecular weight is 404 g/mol. The van der Waals surface area contributed by atoms with Crippen LogP contribution in [0.3, 0.4) is 0 Å². The number of carbonyl (C=O) groups is 2. The summed E-state index contributed by atoms with van der Waals surface area (Å²) in [6.45, 7) is 1.79. The molecule has 2 aromatic carbocycles. The van der Waals surface area contributed by atoms with Gasteiger partial charge in [-0.15, -0.1) is 0 Å². The molecule has 0 aromatic heterocycles. The predicted molar refractivity (Wildman–Crippen MR) is 119 cm³/mol. The number of nitrogens with one attached hydrogen (secondary N) is 2. The summed E-state index contributed by atoms with van der Waals surface area (Å²) in [6.07, 6.45) is 7.13. The summed E-state index contributed by atoms with van der Waals surface area (Å²) in [4.78, 5) is 25.5. The van der Waals surface area contributed by atoms with Crippen molar-refractivity contribution in [2.45, 2.75) is 51.9 Å². The molecule has 2 aromatic rings. The standard InChI is InChI=1S/C25H29N3O2/c1-16(9-23(29)26-22-8-4-6-20-5-2-3-7-21(20)22)27-28-24(30)25-13-17-10-18(14-25)12-19(11-17)15-25/h2-8,17-19H,9-15H2,1H3,(H,26,29)(H,28,30)/b27-16+. The van der Waals surface area contributed by atoms with E-state index in [0.717, 1.165) is 53.5 Å². The topological polar surface area (TPSA) is 70.6 Å². The highest BCUT2D eigenvalue weighted by Crippen LogP contribution is 2.60. The molecule has 2 N–H and O–H groups in total. The molecule has 4 aliphatic carbocycles. The van der Waals surface area contributed by atoms with Gasteiger partial charge in [0.15, 0.2) is 0 Å². The Bertz CT molecular complexity index is 985. The van der Waals surface area contributed by atoms with Crippen molar-refractivity contribution in [3.63, 3.8) is 0 Å². The minimum atomic E-state index is -0.219. The number of hydrogen-bond acceptors (Lipinski definition) is 3. The number of amides is 2. The van der Waals surface area contributed by atoms with E-state index in [9.17, 15) is 9.59 Å². The second kappa shape index (κ2) is 7.53. The number of hydrogen-bond donors (Lipinski definition) is 2. The van der Waals surface area contributed by atoms with Crippen molar-refractivity contribution in [2.75, 3.05) is 5.32 Å². The molecule has 0 aliphatic heterocycles. The first-order valence-electron chi connectivity index (χ1n) is 11.1. The molecule has 5 heteroatoms. The van der Waals surface area contributed by atoms with Crippen LogP contribution in [-0.2, 0) is 9.59 Å². The molecule has 0 atom stereocenters. The Kier molecular flexibility index (Phi) is 4.84. The highest BCUT2D eigenvalue weighted by Gasteiger charge is 2.54. The second-order valence-electron chi connectivity index (χ2n) is 9.74. The number of carbonyl (C=O) groups excluding carboxylic acids is 2. The monoisotopic (exact) mass is 403 g/mol. The molecule has 4 saturated carbocycles. The molecule has 30 heavy (non-hydrogen) atoms. The fourth-order valence-corrected chi connectivity index (χ4v) is 6.45. The van der Waals surface area contributed by atoms with Crippen LogP contribution in [0.25, 0.3) is 10.8 Å². The van der Waals surface area contributed by atoms with E-state index in [0.29, 0.717) is 5.71 Å². The highest BCUT2D eigenvalue weighted by molar-refractivity contribution is 6.09. The third-order valence-corrected chi connectivity index (χ3v) is 7.35. The maximum absolute atomic E-state index is 13.0. The van der Waals surface area contributed by atoms with E-state index in [-0.39, 0.29) is 23.7 Å². The molecule has 6 rings (SSSR count). The Morgan fingerprint density at radius 2 is 1.60 bits per heavy atom. The van der Waals surface area contributed by atoms with Gasteiger partial charge in [-0.05, 0) is 74.7 Å². The number of fused-ring (bicyclic) bond motifs is 1. The van der Waals surface area contributed by atoms with Crippen molar-refractivity contribution in [1.29, 1.82) is 0 Å². The van der Waals surface area contributed by atoms with Gasteiger partial charge in [0.05, 0.1) is 11.8 Å². The largest absolute Gasteiger partial charge is 0.325 e. The Labute approximate surface area is 177 Å². The van der Waals surface area contributed by atoms with E-state index >= 15 is 0 Å². The molecule has 2 amide bonds. The molecule has 0 spiro atoms. The van der Waals surface area contributed by atoms with E-state index < -0.39 is 0 Å². The molecule has 5 nitrogen and oxygen atoms in total. The molecule has 156 valence electrons. The Balaban J connectivity index is 1.21. The zero-order chi connectivity index (χ0) is 20.7. The lowest BCUT2D eigenvalue weighted by Gasteiger charge is -2.55. The normalized spacial score (nSPS) is 29.8. The van der Waals surface area contributed by atoms with Crippen LogP contribution in [0.15, 0.2) is 47.6 Å². The summed E-state index contributed by atoms with van der Waals surface area (Å²) in [5.41, 5.74) is 4.00. The third-order valence-electron chi connectivity index (χ3n) is 7.35. The summed E-state index contributed by atoms with van der Waals surface area (Å²) < 4.78 is 0. The molecule has 0 radical (unpaired) electrons. The SMILES string of the molecule is C/C(CC(=O)Nc1cccc2ccccc12)=N\NC(=O)C12CC3CC(CC(C3)C1)C2. The van der Waals surface area contributed by atoms with E-state index in [4.69, 9.17) is 0 Å². The summed E-state index contributed by atoms with van der Waals surface area (Å²) in [6, 6.07) is 13.8. The van der Waals surface area contributed by atoms with Gasteiger partial charge in [0.1, 0.15) is 0 Å². The first-order valence-corrected chi connectivity index (χ1v) is 11.1. The van der Waals surface area contributed by atoms with Crippen LogP contribution >= 0.6 is 0 Å². The first-order chi connectivity index (χ1) is 14.5. The van der Waals surface area contributed by atoms with E-state index in [1.165, 1.54) is 19.3 Å². The lowest BCUT2D eigenvalue weighted by Crippen LogP contribution is -2.52. The minimum Gasteiger partial charge on any atom is -0.325 e. The van der Waals surface area contributed by atoms with E-state index in [2.05, 4.69) is 15.8 Å². The fourth-order valence-electron chi connectivity index (χ4n) is 6.45. The van der Waals surface area contributed by atoms with Crippen molar-refractivity contribution >= 4 is 34.0 Å². The maximum Gasteiger partial charge on any atom is 0.246 e. The van der Waals surface area contributed by atoms with Gasteiger partial charge in [0.25, 0.3) is 0 Å². The minimum absolute atomic E-state index is 0.0652. The van der Waals surface area contributed by atoms with Gasteiger partial charge in [-0.3, -0.25) is 9.59 Å². The van der Waals surface area contributed by atoms with Gasteiger partial charge in [-0.25, -0.2) is 5.43 Å². The lowest BCUT2D eigenvalue weighted by molar-refractivity contribution is -0.146. The molecule has 4 fully saturated rings. The molecule has 0 heterocycles. The zero-order valence-corrected chi connectivity index (χ0v) is 17.5. The Hall–Kier alpha value is -2.69. The Morgan fingerprint density at radius 1 is 0.967 bits per heavy atom. The smallest absolute Gasteiger partial charge is 0.246 e. The highest BCUT2D eigenvalue weighted by atomic mass is 16.2. The summed E-state index contributed by atoms with van der Waals surface area (Å²) in [7, 11) is 0. The first kappa shape index (κ1) is 19.3. The van der Waals surface area contributed by atoms with Crippen LogP contribution in [0.1, 0.15) is 51.9 Å². The summed E-state index contributed by atoms with van der Waals surface area (Å²) in [5.74, 6) is 2.10. The number of rotatable bonds is 5. The Morgan fingerprint density at radius 3 is 2.30 bits per heavy atom. The molecule has 0 saturated heterocycles. The van der Waals surface area contributed by atoms with Crippen LogP contribution in [0, 0.1) is 23.2 Å². The van der Waals surface area contributed by atoms with Crippen molar-refractivity contribution in [2.24, 2.45) is 28.3 Å². The quantitative estimate of drug-likeness (QED) is 0.552. The average Bonchev–Trinajstić information content (AvgIpc) is 2.71. The molecular weight excluding hydrogens is 374 g/mol. The zero-order valence-electron chi connectivity index (χ0n) is 17.5. The van der Waals surface area contributed by atoms with Gasteiger partial charge in [0, 0.05) is 16.8 Å². The van der Waals surface area contributed by atoms with Crippen LogP contribution in [-0.4, -0.2) is 17.5 Å². The number of anilines is 1. The van der Waals surface area contributed by atoms with Crippen molar-refractivity contribution in [1.82, 2.24) is 5.43 Å². The second-order valence-corrected chi connectivity index (χ2v) is 9.74. The van der Waals surface area contributed by atoms with Gasteiger partial charge < -0.3 is 5.32 Å². The van der Waals surface area contributed by atoms with Crippen molar-refractivity contribution in [3.05, 3.63) is 42.5 Å². The van der Waals surface area contributed by atoms with Crippen LogP contribution in [0.5, 0.6) is 0 Å². The van der Waals surface area contributed by atoms with Gasteiger partial charge in [-0.1, -0.05) is 36.4 Å². The van der Waals surface area contributed by atoms with E-state index in [1.54, 1.807) is 6.92 Å². The van der Waals surface area contributed by atoms with Crippen LogP contribution in [0.4, 0.5) is 5.69 Å². The van der Waals surface area contributed by atoms with Crippen LogP contribution in [0.2, 0.25) is 0 Å². The molecular formula is C25H29N3O2. The van der Waals surface area contributed by atoms with E-state index in [1.807, 2.05) is 42.5 Å². The van der Waals surface area contributed by atoms with Gasteiger partial charge >= 0.3 is 0 Å². The summed E-state index contributed by atoms with van der Waals surface area (Å²) in [5, 5.41) is 9.36. The molecule has 4 bridgehead atoms. The van der Waals surface area contributed by atoms with Crippen molar-refractivity contribution in [3.8, 4) is 0 Å². The predicted octanol–water partition coefficient (Wildman–Crippen LogP) is 4.88. The number of benzene rings is 2. The van der Waals surface area contributed by atoms with Crippen LogP contribution < -0.4 is 10.7 Å². The maximum atomic E-state index is 13.0. The fraction of sp³-hybridized carbons (Fsp3) is 0.480. The third kappa shape index (κ3) is 3.62.